The summed E-state index contributed by atoms with van der Waals surface area (Å²) in [6.07, 6.45) is 17.3. The monoisotopic (exact) mass is 662 g/mol. The fourth-order valence-corrected chi connectivity index (χ4v) is 7.60. The third kappa shape index (κ3) is 8.24. The van der Waals surface area contributed by atoms with E-state index < -0.39 is 0 Å². The number of benzene rings is 6. The molecular weight excluding hydrogens is 609 g/mol. The van der Waals surface area contributed by atoms with Crippen molar-refractivity contribution in [2.75, 3.05) is 0 Å². The van der Waals surface area contributed by atoms with Crippen LogP contribution in [-0.2, 0) is 12.8 Å². The number of aryl methyl sites for hydroxylation is 2. The number of rotatable bonds is 17. The lowest BCUT2D eigenvalue weighted by Gasteiger charge is -2.20. The number of fused-ring (bicyclic) bond motifs is 2. The van der Waals surface area contributed by atoms with E-state index >= 15 is 0 Å². The van der Waals surface area contributed by atoms with Crippen molar-refractivity contribution >= 4 is 21.5 Å². The molecule has 0 saturated carbocycles. The van der Waals surface area contributed by atoms with Gasteiger partial charge < -0.3 is 10.2 Å². The number of hydrogen-bond donors (Lipinski definition) is 2. The lowest BCUT2D eigenvalue weighted by molar-refractivity contribution is 0.472. The van der Waals surface area contributed by atoms with E-state index in [0.717, 1.165) is 56.6 Å². The quantitative estimate of drug-likeness (QED) is 0.0954. The van der Waals surface area contributed by atoms with Crippen molar-refractivity contribution < 1.29 is 10.2 Å². The molecule has 6 aromatic rings. The van der Waals surface area contributed by atoms with E-state index in [1.165, 1.54) is 88.2 Å². The minimum atomic E-state index is 0.199. The summed E-state index contributed by atoms with van der Waals surface area (Å²) in [5.41, 5.74) is 7.49. The topological polar surface area (TPSA) is 40.5 Å². The summed E-state index contributed by atoms with van der Waals surface area (Å²) in [4.78, 5) is 0. The molecule has 0 radical (unpaired) electrons. The highest BCUT2D eigenvalue weighted by molar-refractivity contribution is 6.14. The number of phenolic OH excluding ortho intramolecular Hbond substituents is 2. The van der Waals surface area contributed by atoms with Crippen LogP contribution in [0.2, 0.25) is 0 Å². The van der Waals surface area contributed by atoms with Crippen LogP contribution in [-0.4, -0.2) is 10.2 Å². The molecule has 0 saturated heterocycles. The first-order chi connectivity index (χ1) is 24.6. The second-order valence-corrected chi connectivity index (χ2v) is 14.2. The zero-order chi connectivity index (χ0) is 34.7. The maximum atomic E-state index is 12.3. The molecule has 0 heterocycles. The Balaban J connectivity index is 1.49. The van der Waals surface area contributed by atoms with Gasteiger partial charge in [0.25, 0.3) is 0 Å². The maximum absolute atomic E-state index is 12.3. The zero-order valence-electron chi connectivity index (χ0n) is 30.2. The Bertz CT molecular complexity index is 1840. The van der Waals surface area contributed by atoms with Gasteiger partial charge in [0.2, 0.25) is 0 Å². The van der Waals surface area contributed by atoms with Gasteiger partial charge in [-0.3, -0.25) is 0 Å². The van der Waals surface area contributed by atoms with Crippen molar-refractivity contribution in [3.8, 4) is 44.9 Å². The Morgan fingerprint density at radius 1 is 0.400 bits per heavy atom. The van der Waals surface area contributed by atoms with Gasteiger partial charge in [-0.1, -0.05) is 175 Å². The smallest absolute Gasteiger partial charge is 0.132 e. The van der Waals surface area contributed by atoms with Crippen LogP contribution in [0.3, 0.4) is 0 Å². The van der Waals surface area contributed by atoms with Crippen molar-refractivity contribution in [1.29, 1.82) is 0 Å². The SMILES string of the molecule is CCCCCCCCc1ccc2c(-c3c(O)c(-c4ccccc4)cc4cc(CCCCCCCC)ccc34)c(O)c(-c3ccccc3)cc2c1. The van der Waals surface area contributed by atoms with Gasteiger partial charge >= 0.3 is 0 Å². The number of phenols is 2. The molecular formula is C48H54O2. The molecule has 0 aliphatic heterocycles. The average molecular weight is 663 g/mol. The van der Waals surface area contributed by atoms with Crippen LogP contribution in [0.15, 0.2) is 109 Å². The first kappa shape index (κ1) is 35.3. The van der Waals surface area contributed by atoms with Crippen molar-refractivity contribution in [2.24, 2.45) is 0 Å². The number of hydrogen-bond acceptors (Lipinski definition) is 2. The van der Waals surface area contributed by atoms with Crippen LogP contribution in [0.1, 0.15) is 102 Å². The number of unbranched alkanes of at least 4 members (excludes halogenated alkanes) is 10. The van der Waals surface area contributed by atoms with Crippen molar-refractivity contribution in [2.45, 2.75) is 104 Å². The summed E-state index contributed by atoms with van der Waals surface area (Å²) in [6.45, 7) is 4.53. The first-order valence-electron chi connectivity index (χ1n) is 19.3. The molecule has 6 aromatic carbocycles. The summed E-state index contributed by atoms with van der Waals surface area (Å²) >= 11 is 0. The number of aromatic hydroxyl groups is 2. The molecule has 0 fully saturated rings. The van der Waals surface area contributed by atoms with Crippen LogP contribution in [0.5, 0.6) is 11.5 Å². The highest BCUT2D eigenvalue weighted by atomic mass is 16.3. The lowest BCUT2D eigenvalue weighted by Crippen LogP contribution is -1.94. The fourth-order valence-electron chi connectivity index (χ4n) is 7.60. The zero-order valence-corrected chi connectivity index (χ0v) is 30.2. The Labute approximate surface area is 299 Å². The van der Waals surface area contributed by atoms with E-state index in [1.807, 2.05) is 36.4 Å². The maximum Gasteiger partial charge on any atom is 0.132 e. The largest absolute Gasteiger partial charge is 0.507 e. The summed E-state index contributed by atoms with van der Waals surface area (Å²) in [5, 5.41) is 28.7. The van der Waals surface area contributed by atoms with E-state index in [0.29, 0.717) is 11.1 Å². The molecule has 2 nitrogen and oxygen atoms in total. The Morgan fingerprint density at radius 2 is 0.780 bits per heavy atom. The molecule has 6 rings (SSSR count). The highest BCUT2D eigenvalue weighted by Gasteiger charge is 2.23. The van der Waals surface area contributed by atoms with E-state index in [-0.39, 0.29) is 11.5 Å². The molecule has 0 unspecified atom stereocenters. The molecule has 2 heteroatoms. The fraction of sp³-hybridized carbons (Fsp3) is 0.333. The molecule has 258 valence electrons. The van der Waals surface area contributed by atoms with Gasteiger partial charge in [0.15, 0.2) is 0 Å². The average Bonchev–Trinajstić information content (AvgIpc) is 3.15. The molecule has 0 aliphatic rings. The molecule has 0 aromatic heterocycles. The van der Waals surface area contributed by atoms with Gasteiger partial charge in [0.1, 0.15) is 11.5 Å². The van der Waals surface area contributed by atoms with Gasteiger partial charge in [-0.2, -0.15) is 0 Å². The molecule has 50 heavy (non-hydrogen) atoms. The Hall–Kier alpha value is -4.56. The predicted molar refractivity (Wildman–Crippen MR) is 215 cm³/mol. The molecule has 0 amide bonds. The summed E-state index contributed by atoms with van der Waals surface area (Å²) in [7, 11) is 0. The third-order valence-corrected chi connectivity index (χ3v) is 10.4. The molecule has 2 N–H and O–H groups in total. The van der Waals surface area contributed by atoms with Crippen LogP contribution in [0, 0.1) is 0 Å². The van der Waals surface area contributed by atoms with E-state index in [2.05, 4.69) is 86.6 Å². The van der Waals surface area contributed by atoms with Crippen LogP contribution < -0.4 is 0 Å². The Kier molecular flexibility index (Phi) is 12.3. The lowest BCUT2D eigenvalue weighted by atomic mass is 9.85. The van der Waals surface area contributed by atoms with Gasteiger partial charge in [0, 0.05) is 22.3 Å². The molecule has 0 spiro atoms. The minimum absolute atomic E-state index is 0.199. The normalized spacial score (nSPS) is 11.5. The molecule has 0 atom stereocenters. The first-order valence-corrected chi connectivity index (χ1v) is 19.3. The van der Waals surface area contributed by atoms with E-state index in [9.17, 15) is 10.2 Å². The second-order valence-electron chi connectivity index (χ2n) is 14.2. The van der Waals surface area contributed by atoms with Crippen molar-refractivity contribution in [3.63, 3.8) is 0 Å². The predicted octanol–water partition coefficient (Wildman–Crippen LogP) is 14.2. The van der Waals surface area contributed by atoms with E-state index in [4.69, 9.17) is 0 Å². The van der Waals surface area contributed by atoms with Crippen LogP contribution in [0.4, 0.5) is 0 Å². The Morgan fingerprint density at radius 3 is 1.18 bits per heavy atom. The standard InChI is InChI=1S/C48H54O2/c1-3-5-7-9-11-15-21-35-27-29-41-39(31-35)33-43(37-23-17-13-18-24-37)47(49)45(41)46-42-30-28-36(22-16-12-10-8-6-4-2)32-40(42)34-44(48(46)50)38-25-19-14-20-26-38/h13-14,17-20,23-34,49-50H,3-12,15-16,21-22H2,1-2H3. The van der Waals surface area contributed by atoms with Gasteiger partial charge in [-0.25, -0.2) is 0 Å². The minimum Gasteiger partial charge on any atom is -0.507 e. The van der Waals surface area contributed by atoms with Crippen LogP contribution in [0.25, 0.3) is 54.9 Å². The molecule has 0 aliphatic carbocycles. The summed E-state index contributed by atoms with van der Waals surface area (Å²) in [6, 6.07) is 37.9. The highest BCUT2D eigenvalue weighted by Crippen LogP contribution is 2.51. The van der Waals surface area contributed by atoms with Crippen molar-refractivity contribution in [1.82, 2.24) is 0 Å². The van der Waals surface area contributed by atoms with Gasteiger partial charge in [-0.05, 0) is 81.6 Å². The summed E-state index contributed by atoms with van der Waals surface area (Å²) in [5.74, 6) is 0.399. The van der Waals surface area contributed by atoms with E-state index in [1.54, 1.807) is 0 Å². The van der Waals surface area contributed by atoms with Gasteiger partial charge in [-0.15, -0.1) is 0 Å². The molecule has 0 bridgehead atoms. The van der Waals surface area contributed by atoms with Gasteiger partial charge in [0.05, 0.1) is 0 Å². The summed E-state index contributed by atoms with van der Waals surface area (Å²) < 4.78 is 0. The third-order valence-electron chi connectivity index (χ3n) is 10.4. The second kappa shape index (κ2) is 17.4. The van der Waals surface area contributed by atoms with Crippen LogP contribution >= 0.6 is 0 Å². The van der Waals surface area contributed by atoms with Crippen molar-refractivity contribution in [3.05, 3.63) is 120 Å².